The molecule has 3 aromatic rings. The van der Waals surface area contributed by atoms with Crippen molar-refractivity contribution in [2.24, 2.45) is 0 Å². The van der Waals surface area contributed by atoms with E-state index in [1.54, 1.807) is 42.5 Å². The number of carbonyl (C=O) groups is 2. The number of anilines is 1. The molecule has 1 aliphatic carbocycles. The number of nitrogens with zero attached hydrogens (tertiary/aromatic N) is 2. The van der Waals surface area contributed by atoms with Gasteiger partial charge in [0.25, 0.3) is 10.0 Å². The average molecular weight is 638 g/mol. The molecule has 1 aliphatic rings. The Balaban J connectivity index is 1.72. The zero-order chi connectivity index (χ0) is 31.9. The summed E-state index contributed by atoms with van der Waals surface area (Å²) in [6.45, 7) is 7.47. The van der Waals surface area contributed by atoms with E-state index in [1.807, 2.05) is 44.2 Å². The molecule has 236 valence electrons. The Hall–Kier alpha value is -3.36. The van der Waals surface area contributed by atoms with E-state index in [2.05, 4.69) is 19.2 Å². The van der Waals surface area contributed by atoms with E-state index >= 15 is 0 Å². The molecule has 0 spiro atoms. The van der Waals surface area contributed by atoms with Crippen LogP contribution in [0, 0.1) is 6.92 Å². The van der Waals surface area contributed by atoms with Gasteiger partial charge in [0.15, 0.2) is 0 Å². The summed E-state index contributed by atoms with van der Waals surface area (Å²) in [5.74, 6) is -0.458. The van der Waals surface area contributed by atoms with Crippen molar-refractivity contribution in [1.82, 2.24) is 10.2 Å². The monoisotopic (exact) mass is 637 g/mol. The molecule has 1 atom stereocenters. The maximum Gasteiger partial charge on any atom is 0.264 e. The summed E-state index contributed by atoms with van der Waals surface area (Å²) >= 11 is 6.52. The minimum atomic E-state index is -4.13. The molecule has 9 heteroatoms. The number of hydrogen-bond acceptors (Lipinski definition) is 4. The maximum absolute atomic E-state index is 14.3. The lowest BCUT2D eigenvalue weighted by Gasteiger charge is -2.34. The van der Waals surface area contributed by atoms with Gasteiger partial charge in [-0.25, -0.2) is 8.42 Å². The Bertz CT molecular complexity index is 1520. The molecule has 0 heterocycles. The van der Waals surface area contributed by atoms with E-state index in [4.69, 9.17) is 11.6 Å². The lowest BCUT2D eigenvalue weighted by molar-refractivity contribution is -0.140. The number of halogens is 1. The second kappa shape index (κ2) is 15.1. The normalized spacial score (nSPS) is 14.7. The third-order valence-electron chi connectivity index (χ3n) is 8.37. The van der Waals surface area contributed by atoms with Crippen molar-refractivity contribution in [3.05, 3.63) is 94.5 Å². The Labute approximate surface area is 267 Å². The van der Waals surface area contributed by atoms with E-state index in [0.29, 0.717) is 22.7 Å². The fraction of sp³-hybridized carbons (Fsp3) is 0.429. The molecule has 4 rings (SSSR count). The summed E-state index contributed by atoms with van der Waals surface area (Å²) in [6, 6.07) is 20.3. The summed E-state index contributed by atoms with van der Waals surface area (Å²) in [5, 5.41) is 3.64. The van der Waals surface area contributed by atoms with Crippen molar-refractivity contribution in [3.63, 3.8) is 0 Å². The van der Waals surface area contributed by atoms with E-state index in [0.717, 1.165) is 47.5 Å². The third kappa shape index (κ3) is 8.21. The van der Waals surface area contributed by atoms with Gasteiger partial charge < -0.3 is 10.2 Å². The highest BCUT2D eigenvalue weighted by atomic mass is 35.5. The number of amides is 2. The summed E-state index contributed by atoms with van der Waals surface area (Å²) in [4.78, 5) is 29.6. The Morgan fingerprint density at radius 1 is 0.932 bits per heavy atom. The van der Waals surface area contributed by atoms with Gasteiger partial charge in [-0.3, -0.25) is 13.9 Å². The fourth-order valence-electron chi connectivity index (χ4n) is 5.67. The van der Waals surface area contributed by atoms with Gasteiger partial charge >= 0.3 is 0 Å². The van der Waals surface area contributed by atoms with E-state index in [1.165, 1.54) is 4.90 Å². The number of aryl methyl sites for hydroxylation is 1. The van der Waals surface area contributed by atoms with Crippen molar-refractivity contribution < 1.29 is 18.0 Å². The van der Waals surface area contributed by atoms with Crippen molar-refractivity contribution >= 4 is 39.1 Å². The van der Waals surface area contributed by atoms with Crippen LogP contribution >= 0.6 is 11.6 Å². The van der Waals surface area contributed by atoms with Gasteiger partial charge in [-0.05, 0) is 73.6 Å². The summed E-state index contributed by atoms with van der Waals surface area (Å²) in [5.41, 5.74) is 3.04. The smallest absolute Gasteiger partial charge is 0.264 e. The molecule has 44 heavy (non-hydrogen) atoms. The van der Waals surface area contributed by atoms with Gasteiger partial charge in [0.2, 0.25) is 11.8 Å². The van der Waals surface area contributed by atoms with Crippen LogP contribution < -0.4 is 9.62 Å². The maximum atomic E-state index is 14.3. The molecule has 0 unspecified atom stereocenters. The van der Waals surface area contributed by atoms with Crippen LogP contribution in [-0.4, -0.2) is 43.8 Å². The predicted octanol–water partition coefficient (Wildman–Crippen LogP) is 7.22. The highest BCUT2D eigenvalue weighted by molar-refractivity contribution is 7.92. The van der Waals surface area contributed by atoms with Crippen LogP contribution in [0.3, 0.4) is 0 Å². The van der Waals surface area contributed by atoms with Crippen molar-refractivity contribution in [3.8, 4) is 0 Å². The summed E-state index contributed by atoms with van der Waals surface area (Å²) in [6.07, 6.45) is 5.47. The van der Waals surface area contributed by atoms with Crippen LogP contribution in [0.25, 0.3) is 0 Å². The summed E-state index contributed by atoms with van der Waals surface area (Å²) < 4.78 is 29.4. The predicted molar refractivity (Wildman–Crippen MR) is 177 cm³/mol. The number of hydrogen-bond donors (Lipinski definition) is 1. The first-order chi connectivity index (χ1) is 21.0. The molecule has 0 bridgehead atoms. The lowest BCUT2D eigenvalue weighted by atomic mass is 9.95. The van der Waals surface area contributed by atoms with Crippen molar-refractivity contribution in [2.45, 2.75) is 95.7 Å². The SMILES string of the molecule is CC[C@@H](C(=O)NC1CCCCC1)N(Cc1ccccc1Cl)C(=O)CN(c1ccc(C(C)C)cc1)S(=O)(=O)c1ccc(C)cc1. The van der Waals surface area contributed by atoms with E-state index < -0.39 is 28.5 Å². The molecule has 0 radical (unpaired) electrons. The number of carbonyl (C=O) groups excluding carboxylic acids is 2. The van der Waals surface area contributed by atoms with Gasteiger partial charge in [-0.2, -0.15) is 0 Å². The molecule has 2 amide bonds. The van der Waals surface area contributed by atoms with Crippen LogP contribution in [0.15, 0.2) is 77.7 Å². The molecular formula is C35H44ClN3O4S. The summed E-state index contributed by atoms with van der Waals surface area (Å²) in [7, 11) is -4.13. The lowest BCUT2D eigenvalue weighted by Crippen LogP contribution is -2.54. The quantitative estimate of drug-likeness (QED) is 0.227. The number of sulfonamides is 1. The molecule has 0 aromatic heterocycles. The number of nitrogens with one attached hydrogen (secondary N) is 1. The molecular weight excluding hydrogens is 594 g/mol. The zero-order valence-electron chi connectivity index (χ0n) is 26.1. The van der Waals surface area contributed by atoms with Crippen LogP contribution in [0.5, 0.6) is 0 Å². The second-order valence-corrected chi connectivity index (χ2v) is 14.2. The average Bonchev–Trinajstić information content (AvgIpc) is 3.01. The van der Waals surface area contributed by atoms with Crippen LogP contribution in [-0.2, 0) is 26.2 Å². The van der Waals surface area contributed by atoms with Crippen LogP contribution in [0.4, 0.5) is 5.69 Å². The van der Waals surface area contributed by atoms with Gasteiger partial charge in [-0.15, -0.1) is 0 Å². The highest BCUT2D eigenvalue weighted by Crippen LogP contribution is 2.28. The van der Waals surface area contributed by atoms with Crippen molar-refractivity contribution in [1.29, 1.82) is 0 Å². The minimum Gasteiger partial charge on any atom is -0.352 e. The highest BCUT2D eigenvalue weighted by Gasteiger charge is 2.34. The topological polar surface area (TPSA) is 86.8 Å². The largest absolute Gasteiger partial charge is 0.352 e. The first kappa shape index (κ1) is 33.5. The first-order valence-corrected chi connectivity index (χ1v) is 17.4. The fourth-order valence-corrected chi connectivity index (χ4v) is 7.28. The number of benzene rings is 3. The molecule has 0 saturated heterocycles. The molecule has 0 aliphatic heterocycles. The molecule has 1 saturated carbocycles. The van der Waals surface area contributed by atoms with E-state index in [-0.39, 0.29) is 29.3 Å². The van der Waals surface area contributed by atoms with Crippen LogP contribution in [0.2, 0.25) is 5.02 Å². The Morgan fingerprint density at radius 2 is 1.57 bits per heavy atom. The van der Waals surface area contributed by atoms with Crippen LogP contribution in [0.1, 0.15) is 81.9 Å². The third-order valence-corrected chi connectivity index (χ3v) is 10.5. The Kier molecular flexibility index (Phi) is 11.5. The molecule has 7 nitrogen and oxygen atoms in total. The van der Waals surface area contributed by atoms with Crippen molar-refractivity contribution in [2.75, 3.05) is 10.8 Å². The standard InChI is InChI=1S/C35H44ClN3O4S/c1-5-33(35(41)37-29-12-7-6-8-13-29)38(23-28-11-9-10-14-32(28)36)34(40)24-39(30-19-17-27(18-20-30)25(2)3)44(42,43)31-21-15-26(4)16-22-31/h9-11,14-22,25,29,33H,5-8,12-13,23-24H2,1-4H3,(H,37,41)/t33-/m0/s1. The minimum absolute atomic E-state index is 0.0693. The van der Waals surface area contributed by atoms with Gasteiger partial charge in [0.05, 0.1) is 10.6 Å². The van der Waals surface area contributed by atoms with E-state index in [9.17, 15) is 18.0 Å². The Morgan fingerprint density at radius 3 is 2.16 bits per heavy atom. The van der Waals surface area contributed by atoms with Gasteiger partial charge in [-0.1, -0.05) is 99.7 Å². The molecule has 1 N–H and O–H groups in total. The van der Waals surface area contributed by atoms with Gasteiger partial charge in [0, 0.05) is 17.6 Å². The zero-order valence-corrected chi connectivity index (χ0v) is 27.7. The molecule has 1 fully saturated rings. The number of rotatable bonds is 12. The first-order valence-electron chi connectivity index (χ1n) is 15.5. The molecule has 3 aromatic carbocycles. The second-order valence-electron chi connectivity index (χ2n) is 12.0. The van der Waals surface area contributed by atoms with Gasteiger partial charge in [0.1, 0.15) is 12.6 Å².